The van der Waals surface area contributed by atoms with Gasteiger partial charge in [-0.1, -0.05) is 22.9 Å². The van der Waals surface area contributed by atoms with E-state index in [0.29, 0.717) is 5.69 Å². The largest absolute Gasteiger partial charge is 0.326 e. The van der Waals surface area contributed by atoms with Crippen LogP contribution in [0.15, 0.2) is 28.7 Å². The molecule has 1 aromatic rings. The lowest BCUT2D eigenvalue weighted by Gasteiger charge is -2.05. The molecule has 0 unspecified atom stereocenters. The molecule has 0 heterocycles. The molecule has 0 bridgehead atoms. The van der Waals surface area contributed by atoms with E-state index in [4.69, 9.17) is 0 Å². The quantitative estimate of drug-likeness (QED) is 0.905. The van der Waals surface area contributed by atoms with Crippen molar-refractivity contribution in [2.45, 2.75) is 13.3 Å². The number of hydrogen-bond donors (Lipinski definition) is 1. The fourth-order valence-electron chi connectivity index (χ4n) is 1.15. The molecule has 17 heavy (non-hydrogen) atoms. The van der Waals surface area contributed by atoms with E-state index in [1.165, 1.54) is 0 Å². The van der Waals surface area contributed by atoms with Crippen molar-refractivity contribution in [2.75, 3.05) is 16.8 Å². The Hall–Kier alpha value is -0.880. The lowest BCUT2D eigenvalue weighted by molar-refractivity contribution is -0.115. The summed E-state index contributed by atoms with van der Waals surface area (Å²) in [6, 6.07) is 7.10. The molecule has 0 aromatic heterocycles. The zero-order valence-corrected chi connectivity index (χ0v) is 11.8. The Morgan fingerprint density at radius 2 is 1.88 bits per heavy atom. The zero-order chi connectivity index (χ0) is 12.9. The molecule has 0 saturated carbocycles. The van der Waals surface area contributed by atoms with E-state index in [-0.39, 0.29) is 23.8 Å². The molecule has 1 rings (SSSR count). The van der Waals surface area contributed by atoms with Crippen LogP contribution in [0.1, 0.15) is 13.3 Å². The third-order valence-corrected chi connectivity index (χ3v) is 4.44. The standard InChI is InChI=1S/C11H14BrNO3S/c1-2-17(15,16)8-7-11(14)13-10-5-3-9(12)4-6-10/h3-6H,2,7-8H2,1H3,(H,13,14). The first-order chi connectivity index (χ1) is 7.93. The summed E-state index contributed by atoms with van der Waals surface area (Å²) in [5.41, 5.74) is 0.659. The minimum absolute atomic E-state index is 0.00770. The van der Waals surface area contributed by atoms with Gasteiger partial charge in [-0.2, -0.15) is 0 Å². The summed E-state index contributed by atoms with van der Waals surface area (Å²) in [7, 11) is -3.08. The maximum absolute atomic E-state index is 11.5. The minimum Gasteiger partial charge on any atom is -0.326 e. The molecule has 0 aliphatic rings. The smallest absolute Gasteiger partial charge is 0.225 e. The fraction of sp³-hybridized carbons (Fsp3) is 0.364. The van der Waals surface area contributed by atoms with Gasteiger partial charge in [-0.25, -0.2) is 8.42 Å². The number of sulfone groups is 1. The molecule has 6 heteroatoms. The van der Waals surface area contributed by atoms with Gasteiger partial charge in [0.2, 0.25) is 5.91 Å². The normalized spacial score (nSPS) is 11.2. The van der Waals surface area contributed by atoms with Crippen LogP contribution >= 0.6 is 15.9 Å². The number of benzene rings is 1. The minimum atomic E-state index is -3.08. The molecule has 0 atom stereocenters. The summed E-state index contributed by atoms with van der Waals surface area (Å²) in [4.78, 5) is 11.5. The molecule has 94 valence electrons. The average molecular weight is 320 g/mol. The number of rotatable bonds is 5. The molecule has 4 nitrogen and oxygen atoms in total. The predicted octanol–water partition coefficient (Wildman–Crippen LogP) is 2.21. The molecule has 1 aromatic carbocycles. The van der Waals surface area contributed by atoms with Crippen LogP contribution in [0.25, 0.3) is 0 Å². The van der Waals surface area contributed by atoms with E-state index < -0.39 is 9.84 Å². The first-order valence-corrected chi connectivity index (χ1v) is 7.80. The molecule has 0 spiro atoms. The number of carbonyl (C=O) groups excluding carboxylic acids is 1. The number of carbonyl (C=O) groups is 1. The second kappa shape index (κ2) is 6.16. The first-order valence-electron chi connectivity index (χ1n) is 5.19. The van der Waals surface area contributed by atoms with Crippen molar-refractivity contribution in [3.63, 3.8) is 0 Å². The van der Waals surface area contributed by atoms with E-state index in [1.54, 1.807) is 31.2 Å². The molecule has 0 aliphatic carbocycles. The van der Waals surface area contributed by atoms with Gasteiger partial charge in [0, 0.05) is 22.3 Å². The molecular weight excluding hydrogens is 306 g/mol. The van der Waals surface area contributed by atoms with Crippen molar-refractivity contribution in [3.05, 3.63) is 28.7 Å². The van der Waals surface area contributed by atoms with Crippen molar-refractivity contribution >= 4 is 37.4 Å². The summed E-state index contributed by atoms with van der Waals surface area (Å²) >= 11 is 3.29. The van der Waals surface area contributed by atoms with Crippen LogP contribution in [0.5, 0.6) is 0 Å². The van der Waals surface area contributed by atoms with Gasteiger partial charge >= 0.3 is 0 Å². The molecule has 1 amide bonds. The maximum Gasteiger partial charge on any atom is 0.225 e. The van der Waals surface area contributed by atoms with Crippen molar-refractivity contribution < 1.29 is 13.2 Å². The van der Waals surface area contributed by atoms with Crippen LogP contribution < -0.4 is 5.32 Å². The zero-order valence-electron chi connectivity index (χ0n) is 9.44. The van der Waals surface area contributed by atoms with E-state index >= 15 is 0 Å². The molecular formula is C11H14BrNO3S. The lowest BCUT2D eigenvalue weighted by Crippen LogP contribution is -2.18. The van der Waals surface area contributed by atoms with Gasteiger partial charge in [-0.15, -0.1) is 0 Å². The van der Waals surface area contributed by atoms with Crippen molar-refractivity contribution in [1.29, 1.82) is 0 Å². The number of halogens is 1. The Morgan fingerprint density at radius 1 is 1.29 bits per heavy atom. The van der Waals surface area contributed by atoms with Crippen molar-refractivity contribution in [1.82, 2.24) is 0 Å². The summed E-state index contributed by atoms with van der Waals surface area (Å²) in [6.45, 7) is 1.57. The van der Waals surface area contributed by atoms with Crippen LogP contribution in [0.3, 0.4) is 0 Å². The molecule has 0 saturated heterocycles. The van der Waals surface area contributed by atoms with Crippen LogP contribution in [0.4, 0.5) is 5.69 Å². The van der Waals surface area contributed by atoms with Gasteiger partial charge in [0.25, 0.3) is 0 Å². The number of amides is 1. The van der Waals surface area contributed by atoms with Crippen LogP contribution in [0, 0.1) is 0 Å². The Bertz CT molecular complexity index is 482. The van der Waals surface area contributed by atoms with Gasteiger partial charge in [0.05, 0.1) is 5.75 Å². The van der Waals surface area contributed by atoms with Crippen LogP contribution in [-0.4, -0.2) is 25.8 Å². The highest BCUT2D eigenvalue weighted by molar-refractivity contribution is 9.10. The van der Waals surface area contributed by atoms with E-state index in [1.807, 2.05) is 0 Å². The molecule has 0 aliphatic heterocycles. The third kappa shape index (κ3) is 5.32. The Morgan fingerprint density at radius 3 is 2.41 bits per heavy atom. The SMILES string of the molecule is CCS(=O)(=O)CCC(=O)Nc1ccc(Br)cc1. The van der Waals surface area contributed by atoms with E-state index in [9.17, 15) is 13.2 Å². The predicted molar refractivity (Wildman–Crippen MR) is 71.7 cm³/mol. The second-order valence-electron chi connectivity index (χ2n) is 3.54. The number of hydrogen-bond acceptors (Lipinski definition) is 3. The number of anilines is 1. The summed E-state index contributed by atoms with van der Waals surface area (Å²) in [6.07, 6.45) is -0.00770. The lowest BCUT2D eigenvalue weighted by atomic mass is 10.3. The summed E-state index contributed by atoms with van der Waals surface area (Å²) in [5.74, 6) is -0.325. The monoisotopic (exact) mass is 319 g/mol. The third-order valence-electron chi connectivity index (χ3n) is 2.21. The summed E-state index contributed by atoms with van der Waals surface area (Å²) < 4.78 is 23.3. The first kappa shape index (κ1) is 14.2. The van der Waals surface area contributed by atoms with Gasteiger partial charge < -0.3 is 5.32 Å². The molecule has 0 radical (unpaired) electrons. The highest BCUT2D eigenvalue weighted by atomic mass is 79.9. The van der Waals surface area contributed by atoms with E-state index in [2.05, 4.69) is 21.2 Å². The van der Waals surface area contributed by atoms with Crippen LogP contribution in [-0.2, 0) is 14.6 Å². The highest BCUT2D eigenvalue weighted by Crippen LogP contribution is 2.14. The van der Waals surface area contributed by atoms with Gasteiger partial charge in [-0.05, 0) is 24.3 Å². The second-order valence-corrected chi connectivity index (χ2v) is 6.93. The fourth-order valence-corrected chi connectivity index (χ4v) is 2.20. The molecule has 1 N–H and O–H groups in total. The topological polar surface area (TPSA) is 63.2 Å². The van der Waals surface area contributed by atoms with Gasteiger partial charge in [0.1, 0.15) is 0 Å². The van der Waals surface area contributed by atoms with E-state index in [0.717, 1.165) is 4.47 Å². The van der Waals surface area contributed by atoms with Crippen LogP contribution in [0.2, 0.25) is 0 Å². The van der Waals surface area contributed by atoms with Gasteiger partial charge in [0.15, 0.2) is 9.84 Å². The Kier molecular flexibility index (Phi) is 5.14. The Balaban J connectivity index is 2.48. The highest BCUT2D eigenvalue weighted by Gasteiger charge is 2.11. The van der Waals surface area contributed by atoms with Crippen molar-refractivity contribution in [3.8, 4) is 0 Å². The van der Waals surface area contributed by atoms with Crippen molar-refractivity contribution in [2.24, 2.45) is 0 Å². The Labute approximate surface area is 109 Å². The van der Waals surface area contributed by atoms with Gasteiger partial charge in [-0.3, -0.25) is 4.79 Å². The molecule has 0 fully saturated rings. The summed E-state index contributed by atoms with van der Waals surface area (Å²) in [5, 5.41) is 2.64. The maximum atomic E-state index is 11.5. The average Bonchev–Trinajstić information content (AvgIpc) is 2.30. The number of nitrogens with one attached hydrogen (secondary N) is 1.